The fourth-order valence-corrected chi connectivity index (χ4v) is 5.28. The summed E-state index contributed by atoms with van der Waals surface area (Å²) in [5.74, 6) is 0.588. The summed E-state index contributed by atoms with van der Waals surface area (Å²) in [5.41, 5.74) is 3.60. The number of anilines is 1. The highest BCUT2D eigenvalue weighted by Gasteiger charge is 2.22. The summed E-state index contributed by atoms with van der Waals surface area (Å²) in [6, 6.07) is 4.43. The lowest BCUT2D eigenvalue weighted by molar-refractivity contribution is -0.114. The van der Waals surface area contributed by atoms with Crippen molar-refractivity contribution in [3.05, 3.63) is 38.6 Å². The summed E-state index contributed by atoms with van der Waals surface area (Å²) in [4.78, 5) is 23.8. The lowest BCUT2D eigenvalue weighted by atomic mass is 9.91. The Labute approximate surface area is 167 Å². The molecule has 140 valence electrons. The monoisotopic (exact) mass is 436 g/mol. The molecule has 3 heterocycles. The van der Waals surface area contributed by atoms with Gasteiger partial charge in [-0.05, 0) is 79.2 Å². The lowest BCUT2D eigenvalue weighted by Gasteiger charge is -2.32. The van der Waals surface area contributed by atoms with Crippen LogP contribution in [0.2, 0.25) is 0 Å². The SMILES string of the molecule is CC(=O)Nc1nc(Br)c(CN2CCC[C@H](Cc3cc(C)nc(C)c3)C2)s1. The number of aromatic nitrogens is 2. The molecule has 1 aliphatic heterocycles. The van der Waals surface area contributed by atoms with Crippen LogP contribution in [0.5, 0.6) is 0 Å². The molecule has 0 aromatic carbocycles. The van der Waals surface area contributed by atoms with E-state index in [4.69, 9.17) is 0 Å². The third kappa shape index (κ3) is 5.34. The van der Waals surface area contributed by atoms with Crippen LogP contribution in [-0.4, -0.2) is 33.9 Å². The van der Waals surface area contributed by atoms with Crippen LogP contribution in [0.1, 0.15) is 41.6 Å². The predicted octanol–water partition coefficient (Wildman–Crippen LogP) is 4.33. The summed E-state index contributed by atoms with van der Waals surface area (Å²) in [5, 5.41) is 3.43. The zero-order chi connectivity index (χ0) is 18.7. The number of likely N-dealkylation sites (tertiary alicyclic amines) is 1. The quantitative estimate of drug-likeness (QED) is 0.757. The summed E-state index contributed by atoms with van der Waals surface area (Å²) < 4.78 is 0.841. The van der Waals surface area contributed by atoms with Gasteiger partial charge in [0.05, 0.1) is 4.88 Å². The van der Waals surface area contributed by atoms with Crippen LogP contribution in [0.3, 0.4) is 0 Å². The van der Waals surface area contributed by atoms with E-state index in [0.29, 0.717) is 11.0 Å². The summed E-state index contributed by atoms with van der Waals surface area (Å²) >= 11 is 5.08. The molecule has 1 N–H and O–H groups in total. The van der Waals surface area contributed by atoms with Crippen molar-refractivity contribution in [3.63, 3.8) is 0 Å². The van der Waals surface area contributed by atoms with Gasteiger partial charge in [-0.1, -0.05) is 11.3 Å². The largest absolute Gasteiger partial charge is 0.302 e. The van der Waals surface area contributed by atoms with Gasteiger partial charge in [0.15, 0.2) is 5.13 Å². The third-order valence-corrected chi connectivity index (χ3v) is 6.44. The maximum atomic E-state index is 11.2. The molecule has 0 aliphatic carbocycles. The highest BCUT2D eigenvalue weighted by molar-refractivity contribution is 9.10. The first-order valence-electron chi connectivity index (χ1n) is 8.98. The van der Waals surface area contributed by atoms with E-state index in [2.05, 4.69) is 62.1 Å². The molecule has 2 aromatic rings. The number of rotatable bonds is 5. The Morgan fingerprint density at radius 2 is 2.08 bits per heavy atom. The van der Waals surface area contributed by atoms with Crippen LogP contribution in [0, 0.1) is 19.8 Å². The van der Waals surface area contributed by atoms with E-state index in [0.717, 1.165) is 42.0 Å². The molecule has 1 saturated heterocycles. The fourth-order valence-electron chi connectivity index (χ4n) is 3.67. The number of carbonyl (C=O) groups excluding carboxylic acids is 1. The molecule has 7 heteroatoms. The molecule has 0 bridgehead atoms. The second-order valence-electron chi connectivity index (χ2n) is 7.12. The second-order valence-corrected chi connectivity index (χ2v) is 8.95. The Balaban J connectivity index is 1.61. The number of piperidine rings is 1. The van der Waals surface area contributed by atoms with Crippen LogP contribution in [0.4, 0.5) is 5.13 Å². The number of hydrogen-bond acceptors (Lipinski definition) is 5. The first-order chi connectivity index (χ1) is 12.4. The van der Waals surface area contributed by atoms with Crippen molar-refractivity contribution < 1.29 is 4.79 Å². The van der Waals surface area contributed by atoms with Gasteiger partial charge in [0.25, 0.3) is 0 Å². The number of nitrogens with zero attached hydrogens (tertiary/aromatic N) is 3. The highest BCUT2D eigenvalue weighted by atomic mass is 79.9. The van der Waals surface area contributed by atoms with Crippen LogP contribution >= 0.6 is 27.3 Å². The normalized spacial score (nSPS) is 18.1. The van der Waals surface area contributed by atoms with Gasteiger partial charge in [-0.2, -0.15) is 0 Å². The molecule has 1 atom stereocenters. The number of hydrogen-bond donors (Lipinski definition) is 1. The molecule has 3 rings (SSSR count). The lowest BCUT2D eigenvalue weighted by Crippen LogP contribution is -2.35. The van der Waals surface area contributed by atoms with Gasteiger partial charge in [-0.15, -0.1) is 0 Å². The standard InChI is InChI=1S/C19H25BrN4OS/c1-12-7-16(8-13(2)21-12)9-15-5-4-6-24(10-15)11-17-18(20)23-19(26-17)22-14(3)25/h7-8,15H,4-6,9-11H2,1-3H3,(H,22,23,25)/t15-/m1/s1. The van der Waals surface area contributed by atoms with Crippen molar-refractivity contribution in [2.24, 2.45) is 5.92 Å². The maximum Gasteiger partial charge on any atom is 0.223 e. The minimum Gasteiger partial charge on any atom is -0.302 e. The molecule has 2 aromatic heterocycles. The average molecular weight is 437 g/mol. The zero-order valence-corrected chi connectivity index (χ0v) is 17.9. The summed E-state index contributed by atoms with van der Waals surface area (Å²) in [6.45, 7) is 8.73. The smallest absolute Gasteiger partial charge is 0.223 e. The summed E-state index contributed by atoms with van der Waals surface area (Å²) in [6.07, 6.45) is 3.61. The van der Waals surface area contributed by atoms with Gasteiger partial charge in [-0.25, -0.2) is 4.98 Å². The number of aryl methyl sites for hydroxylation is 2. The molecular formula is C19H25BrN4OS. The average Bonchev–Trinajstić information content (AvgIpc) is 2.85. The number of halogens is 1. The number of thiazole rings is 1. The molecule has 0 spiro atoms. The van der Waals surface area contributed by atoms with Crippen LogP contribution < -0.4 is 5.32 Å². The Kier molecular flexibility index (Phi) is 6.42. The number of amides is 1. The Bertz CT molecular complexity index is 772. The van der Waals surface area contributed by atoms with Crippen molar-refractivity contribution in [3.8, 4) is 0 Å². The van der Waals surface area contributed by atoms with E-state index in [9.17, 15) is 4.79 Å². The second kappa shape index (κ2) is 8.59. The van der Waals surface area contributed by atoms with E-state index < -0.39 is 0 Å². The number of carbonyl (C=O) groups is 1. The van der Waals surface area contributed by atoms with Crippen molar-refractivity contribution >= 4 is 38.3 Å². The van der Waals surface area contributed by atoms with Crippen molar-refractivity contribution in [2.75, 3.05) is 18.4 Å². The Morgan fingerprint density at radius 3 is 2.77 bits per heavy atom. The Morgan fingerprint density at radius 1 is 1.35 bits per heavy atom. The predicted molar refractivity (Wildman–Crippen MR) is 110 cm³/mol. The fraction of sp³-hybridized carbons (Fsp3) is 0.526. The topological polar surface area (TPSA) is 58.1 Å². The van der Waals surface area contributed by atoms with Crippen LogP contribution in [0.25, 0.3) is 0 Å². The van der Waals surface area contributed by atoms with Gasteiger partial charge in [0.1, 0.15) is 4.60 Å². The molecule has 0 saturated carbocycles. The Hall–Kier alpha value is -1.31. The van der Waals surface area contributed by atoms with E-state index in [1.54, 1.807) is 11.3 Å². The highest BCUT2D eigenvalue weighted by Crippen LogP contribution is 2.30. The molecule has 0 unspecified atom stereocenters. The third-order valence-electron chi connectivity index (χ3n) is 4.57. The van der Waals surface area contributed by atoms with Crippen LogP contribution in [-0.2, 0) is 17.8 Å². The molecule has 0 radical (unpaired) electrons. The minimum absolute atomic E-state index is 0.0845. The van der Waals surface area contributed by atoms with Gasteiger partial charge in [-0.3, -0.25) is 14.7 Å². The molecule has 1 amide bonds. The van der Waals surface area contributed by atoms with Gasteiger partial charge >= 0.3 is 0 Å². The minimum atomic E-state index is -0.0845. The van der Waals surface area contributed by atoms with Gasteiger partial charge in [0.2, 0.25) is 5.91 Å². The molecule has 1 fully saturated rings. The first kappa shape index (κ1) is 19.5. The van der Waals surface area contributed by atoms with Crippen LogP contribution in [0.15, 0.2) is 16.7 Å². The zero-order valence-electron chi connectivity index (χ0n) is 15.5. The van der Waals surface area contributed by atoms with E-state index in [1.807, 2.05) is 0 Å². The molecular weight excluding hydrogens is 412 g/mol. The number of pyridine rings is 1. The van der Waals surface area contributed by atoms with Crippen molar-refractivity contribution in [1.82, 2.24) is 14.9 Å². The maximum absolute atomic E-state index is 11.2. The van der Waals surface area contributed by atoms with E-state index in [-0.39, 0.29) is 5.91 Å². The number of nitrogens with one attached hydrogen (secondary N) is 1. The van der Waals surface area contributed by atoms with Gasteiger partial charge in [0, 0.05) is 31.4 Å². The van der Waals surface area contributed by atoms with Crippen molar-refractivity contribution in [2.45, 2.75) is 46.6 Å². The van der Waals surface area contributed by atoms with Gasteiger partial charge < -0.3 is 5.32 Å². The summed E-state index contributed by atoms with van der Waals surface area (Å²) in [7, 11) is 0. The van der Waals surface area contributed by atoms with Crippen molar-refractivity contribution in [1.29, 1.82) is 0 Å². The van der Waals surface area contributed by atoms with E-state index in [1.165, 1.54) is 30.2 Å². The first-order valence-corrected chi connectivity index (χ1v) is 10.6. The molecule has 5 nitrogen and oxygen atoms in total. The molecule has 1 aliphatic rings. The molecule has 26 heavy (non-hydrogen) atoms. The van der Waals surface area contributed by atoms with E-state index >= 15 is 0 Å².